The third-order valence-corrected chi connectivity index (χ3v) is 6.60. The molecule has 4 nitrogen and oxygen atoms in total. The Morgan fingerprint density at radius 1 is 1.12 bits per heavy atom. The summed E-state index contributed by atoms with van der Waals surface area (Å²) in [6.07, 6.45) is 0.888. The lowest BCUT2D eigenvalue weighted by atomic mass is 9.97. The number of nitrogens with zero attached hydrogens (tertiary/aromatic N) is 1. The predicted octanol–water partition coefficient (Wildman–Crippen LogP) is 4.61. The Balaban J connectivity index is 1.76. The van der Waals surface area contributed by atoms with Gasteiger partial charge in [0.15, 0.2) is 0 Å². The molecule has 0 N–H and O–H groups in total. The van der Waals surface area contributed by atoms with Crippen LogP contribution < -0.4 is 9.47 Å². The van der Waals surface area contributed by atoms with E-state index >= 15 is 0 Å². The van der Waals surface area contributed by atoms with Gasteiger partial charge in [0.1, 0.15) is 11.5 Å². The van der Waals surface area contributed by atoms with E-state index in [0.29, 0.717) is 23.6 Å². The molecule has 1 unspecified atom stereocenters. The van der Waals surface area contributed by atoms with Crippen LogP contribution >= 0.6 is 22.7 Å². The molecule has 3 heterocycles. The van der Waals surface area contributed by atoms with Gasteiger partial charge in [0.05, 0.1) is 25.8 Å². The lowest BCUT2D eigenvalue weighted by Gasteiger charge is -2.35. The van der Waals surface area contributed by atoms with Crippen LogP contribution in [0.15, 0.2) is 47.2 Å². The number of ether oxygens (including phenoxy) is 2. The van der Waals surface area contributed by atoms with Gasteiger partial charge in [-0.05, 0) is 47.0 Å². The molecule has 1 atom stereocenters. The van der Waals surface area contributed by atoms with Gasteiger partial charge in [0.25, 0.3) is 5.91 Å². The number of methoxy groups -OCH3 is 2. The highest BCUT2D eigenvalue weighted by Crippen LogP contribution is 2.41. The summed E-state index contributed by atoms with van der Waals surface area (Å²) in [6.45, 7) is 0.699. The van der Waals surface area contributed by atoms with Crippen LogP contribution in [0.2, 0.25) is 0 Å². The number of thiophene rings is 2. The van der Waals surface area contributed by atoms with E-state index in [2.05, 4.69) is 22.9 Å². The van der Waals surface area contributed by atoms with Crippen LogP contribution in [0.1, 0.15) is 31.7 Å². The molecule has 0 aliphatic carbocycles. The summed E-state index contributed by atoms with van der Waals surface area (Å²) in [7, 11) is 3.18. The standard InChI is InChI=1S/C20H19NO3S2/c1-23-13-5-6-14(16(12-13)24-2)20(22)21-9-7-17-15(8-11-26-17)19(21)18-4-3-10-25-18/h3-6,8,10-12,19H,7,9H2,1-2H3. The van der Waals surface area contributed by atoms with E-state index < -0.39 is 0 Å². The predicted molar refractivity (Wildman–Crippen MR) is 105 cm³/mol. The van der Waals surface area contributed by atoms with Crippen LogP contribution in [0.5, 0.6) is 11.5 Å². The smallest absolute Gasteiger partial charge is 0.258 e. The summed E-state index contributed by atoms with van der Waals surface area (Å²) in [5.41, 5.74) is 1.80. The fraction of sp³-hybridized carbons (Fsp3) is 0.250. The van der Waals surface area contributed by atoms with Crippen molar-refractivity contribution in [2.45, 2.75) is 12.5 Å². The van der Waals surface area contributed by atoms with Crippen LogP contribution in [-0.4, -0.2) is 31.6 Å². The van der Waals surface area contributed by atoms with Gasteiger partial charge in [-0.2, -0.15) is 0 Å². The van der Waals surface area contributed by atoms with Crippen LogP contribution in [0.3, 0.4) is 0 Å². The quantitative estimate of drug-likeness (QED) is 0.658. The van der Waals surface area contributed by atoms with E-state index in [1.54, 1.807) is 55.1 Å². The van der Waals surface area contributed by atoms with Crippen molar-refractivity contribution in [3.63, 3.8) is 0 Å². The van der Waals surface area contributed by atoms with Gasteiger partial charge < -0.3 is 14.4 Å². The molecule has 0 saturated heterocycles. The molecule has 6 heteroatoms. The molecule has 0 saturated carbocycles. The van der Waals surface area contributed by atoms with Gasteiger partial charge >= 0.3 is 0 Å². The Kier molecular flexibility index (Phi) is 4.70. The van der Waals surface area contributed by atoms with Crippen molar-refractivity contribution < 1.29 is 14.3 Å². The van der Waals surface area contributed by atoms with Crippen molar-refractivity contribution in [3.05, 3.63) is 68.0 Å². The Morgan fingerprint density at radius 2 is 2.00 bits per heavy atom. The van der Waals surface area contributed by atoms with Crippen LogP contribution in [0.25, 0.3) is 0 Å². The minimum absolute atomic E-state index is 0.0141. The maximum absolute atomic E-state index is 13.4. The van der Waals surface area contributed by atoms with Crippen LogP contribution in [-0.2, 0) is 6.42 Å². The summed E-state index contributed by atoms with van der Waals surface area (Å²) >= 11 is 3.46. The third kappa shape index (κ3) is 2.89. The molecule has 1 aromatic carbocycles. The molecule has 1 aliphatic heterocycles. The number of fused-ring (bicyclic) bond motifs is 1. The average molecular weight is 386 g/mol. The second kappa shape index (κ2) is 7.13. The fourth-order valence-electron chi connectivity index (χ4n) is 3.42. The highest BCUT2D eigenvalue weighted by molar-refractivity contribution is 7.10. The van der Waals surface area contributed by atoms with Crippen molar-refractivity contribution in [2.75, 3.05) is 20.8 Å². The number of amides is 1. The van der Waals surface area contributed by atoms with Gasteiger partial charge in [-0.3, -0.25) is 4.79 Å². The number of hydrogen-bond acceptors (Lipinski definition) is 5. The first kappa shape index (κ1) is 17.1. The molecular weight excluding hydrogens is 366 g/mol. The molecule has 2 aromatic heterocycles. The van der Waals surface area contributed by atoms with Crippen molar-refractivity contribution in [2.24, 2.45) is 0 Å². The topological polar surface area (TPSA) is 38.8 Å². The van der Waals surface area contributed by atoms with Crippen LogP contribution in [0.4, 0.5) is 0 Å². The molecule has 1 aliphatic rings. The van der Waals surface area contributed by atoms with Crippen molar-refractivity contribution in [3.8, 4) is 11.5 Å². The third-order valence-electron chi connectivity index (χ3n) is 4.68. The van der Waals surface area contributed by atoms with Gasteiger partial charge in [0.2, 0.25) is 0 Å². The van der Waals surface area contributed by atoms with Crippen molar-refractivity contribution in [1.29, 1.82) is 0 Å². The highest BCUT2D eigenvalue weighted by atomic mass is 32.1. The van der Waals surface area contributed by atoms with E-state index in [-0.39, 0.29) is 11.9 Å². The molecule has 26 heavy (non-hydrogen) atoms. The number of hydrogen-bond donors (Lipinski definition) is 0. The van der Waals surface area contributed by atoms with Gasteiger partial charge in [-0.15, -0.1) is 22.7 Å². The molecule has 4 rings (SSSR count). The average Bonchev–Trinajstić information content (AvgIpc) is 3.37. The minimum Gasteiger partial charge on any atom is -0.497 e. The number of rotatable bonds is 4. The SMILES string of the molecule is COc1ccc(C(=O)N2CCc3sccc3C2c2cccs2)c(OC)c1. The second-order valence-corrected chi connectivity index (χ2v) is 8.01. The van der Waals surface area contributed by atoms with Crippen LogP contribution in [0, 0.1) is 0 Å². The zero-order valence-corrected chi connectivity index (χ0v) is 16.2. The molecule has 3 aromatic rings. The lowest BCUT2D eigenvalue weighted by molar-refractivity contribution is 0.0695. The Labute approximate surface area is 160 Å². The maximum Gasteiger partial charge on any atom is 0.258 e. The fourth-order valence-corrected chi connectivity index (χ4v) is 5.18. The second-order valence-electron chi connectivity index (χ2n) is 6.03. The van der Waals surface area contributed by atoms with Crippen molar-refractivity contribution >= 4 is 28.6 Å². The molecular formula is C20H19NO3S2. The summed E-state index contributed by atoms with van der Waals surface area (Å²) in [5.74, 6) is 1.20. The normalized spacial score (nSPS) is 16.2. The van der Waals surface area contributed by atoms with E-state index in [1.165, 1.54) is 15.3 Å². The molecule has 1 amide bonds. The van der Waals surface area contributed by atoms with Crippen molar-refractivity contribution in [1.82, 2.24) is 4.90 Å². The lowest BCUT2D eigenvalue weighted by Crippen LogP contribution is -2.39. The first-order chi connectivity index (χ1) is 12.7. The molecule has 0 spiro atoms. The van der Waals surface area contributed by atoms with E-state index in [9.17, 15) is 4.79 Å². The zero-order valence-electron chi connectivity index (χ0n) is 14.6. The van der Waals surface area contributed by atoms with E-state index in [1.807, 2.05) is 11.0 Å². The first-order valence-electron chi connectivity index (χ1n) is 8.35. The van der Waals surface area contributed by atoms with E-state index in [0.717, 1.165) is 6.42 Å². The number of carbonyl (C=O) groups excluding carboxylic acids is 1. The molecule has 0 bridgehead atoms. The van der Waals surface area contributed by atoms with Gasteiger partial charge in [-0.25, -0.2) is 0 Å². The molecule has 0 radical (unpaired) electrons. The summed E-state index contributed by atoms with van der Waals surface area (Å²) < 4.78 is 10.7. The molecule has 0 fully saturated rings. The van der Waals surface area contributed by atoms with Gasteiger partial charge in [0, 0.05) is 22.4 Å². The largest absolute Gasteiger partial charge is 0.497 e. The summed E-state index contributed by atoms with van der Waals surface area (Å²) in [5, 5.41) is 4.18. The zero-order chi connectivity index (χ0) is 18.1. The number of carbonyl (C=O) groups is 1. The highest BCUT2D eigenvalue weighted by Gasteiger charge is 2.34. The monoisotopic (exact) mass is 385 g/mol. The summed E-state index contributed by atoms with van der Waals surface area (Å²) in [4.78, 5) is 17.9. The summed E-state index contributed by atoms with van der Waals surface area (Å²) in [6, 6.07) is 11.6. The minimum atomic E-state index is -0.0377. The van der Waals surface area contributed by atoms with E-state index in [4.69, 9.17) is 9.47 Å². The molecule has 134 valence electrons. The van der Waals surface area contributed by atoms with Gasteiger partial charge in [-0.1, -0.05) is 6.07 Å². The Bertz CT molecular complexity index is 917. The number of benzene rings is 1. The Hall–Kier alpha value is -2.31. The maximum atomic E-state index is 13.4. The first-order valence-corrected chi connectivity index (χ1v) is 10.1. The Morgan fingerprint density at radius 3 is 2.73 bits per heavy atom.